The monoisotopic (exact) mass is 469 g/mol. The average molecular weight is 470 g/mol. The number of carboxylic acid groups (broad SMARTS) is 1. The Labute approximate surface area is 197 Å². The molecule has 182 valence electrons. The molecule has 2 amide bonds. The highest BCUT2D eigenvalue weighted by Crippen LogP contribution is 2.34. The fourth-order valence-electron chi connectivity index (χ4n) is 4.27. The highest BCUT2D eigenvalue weighted by Gasteiger charge is 2.26. The molecule has 3 atom stereocenters. The highest BCUT2D eigenvalue weighted by molar-refractivity contribution is 5.96. The van der Waals surface area contributed by atoms with Crippen molar-refractivity contribution in [3.8, 4) is 0 Å². The summed E-state index contributed by atoms with van der Waals surface area (Å²) in [6.45, 7) is 2.87. The van der Waals surface area contributed by atoms with Crippen LogP contribution in [-0.4, -0.2) is 45.4 Å². The number of aromatic nitrogens is 2. The number of fused-ring (bicyclic) bond motifs is 1. The molecule has 0 radical (unpaired) electrons. The number of hydrogen-bond donors (Lipinski definition) is 6. The van der Waals surface area contributed by atoms with Gasteiger partial charge in [-0.05, 0) is 55.2 Å². The zero-order chi connectivity index (χ0) is 24.8. The molecule has 0 saturated carbocycles. The van der Waals surface area contributed by atoms with E-state index in [1.165, 1.54) is 0 Å². The summed E-state index contributed by atoms with van der Waals surface area (Å²) in [5.74, 6) is -0.501. The maximum atomic E-state index is 12.5. The largest absolute Gasteiger partial charge is 0.480 e. The Morgan fingerprint density at radius 3 is 2.53 bits per heavy atom. The Morgan fingerprint density at radius 1 is 1.21 bits per heavy atom. The normalized spacial score (nSPS) is 16.6. The van der Waals surface area contributed by atoms with Crippen molar-refractivity contribution in [2.24, 2.45) is 11.7 Å². The lowest BCUT2D eigenvalue weighted by molar-refractivity contribution is -0.139. The number of carbonyl (C=O) groups is 3. The number of carbonyl (C=O) groups excluding carboxylic acids is 2. The van der Waals surface area contributed by atoms with Crippen LogP contribution in [0.25, 0.3) is 0 Å². The molecule has 3 rings (SSSR count). The van der Waals surface area contributed by atoms with Crippen LogP contribution in [0.5, 0.6) is 0 Å². The second kappa shape index (κ2) is 10.8. The third-order valence-electron chi connectivity index (χ3n) is 6.15. The minimum atomic E-state index is -1.21. The Bertz CT molecular complexity index is 1060. The van der Waals surface area contributed by atoms with Gasteiger partial charge in [0.25, 0.3) is 5.91 Å². The minimum Gasteiger partial charge on any atom is -0.480 e. The number of aliphatic carboxylic acids is 1. The molecular formula is C23H31N7O4. The van der Waals surface area contributed by atoms with Gasteiger partial charge in [-0.15, -0.1) is 0 Å². The minimum absolute atomic E-state index is 0.0624. The van der Waals surface area contributed by atoms with E-state index in [2.05, 4.69) is 27.5 Å². The number of anilines is 3. The summed E-state index contributed by atoms with van der Waals surface area (Å²) >= 11 is 0. The zero-order valence-electron chi connectivity index (χ0n) is 19.1. The van der Waals surface area contributed by atoms with E-state index in [1.54, 1.807) is 12.1 Å². The van der Waals surface area contributed by atoms with Crippen LogP contribution in [0.3, 0.4) is 0 Å². The van der Waals surface area contributed by atoms with E-state index >= 15 is 0 Å². The maximum absolute atomic E-state index is 12.5. The lowest BCUT2D eigenvalue weighted by Gasteiger charge is -2.29. The molecule has 1 aliphatic rings. The number of amides is 2. The molecule has 0 spiro atoms. The van der Waals surface area contributed by atoms with E-state index in [-0.39, 0.29) is 24.7 Å². The van der Waals surface area contributed by atoms with Gasteiger partial charge in [0.1, 0.15) is 17.7 Å². The van der Waals surface area contributed by atoms with Crippen molar-refractivity contribution in [3.63, 3.8) is 0 Å². The lowest BCUT2D eigenvalue weighted by atomic mass is 9.83. The summed E-state index contributed by atoms with van der Waals surface area (Å²) in [4.78, 5) is 43.1. The molecule has 0 fully saturated rings. The molecule has 34 heavy (non-hydrogen) atoms. The first-order chi connectivity index (χ1) is 16.2. The summed E-state index contributed by atoms with van der Waals surface area (Å²) in [5, 5.41) is 15.0. The van der Waals surface area contributed by atoms with Crippen molar-refractivity contribution in [1.29, 1.82) is 0 Å². The van der Waals surface area contributed by atoms with Gasteiger partial charge in [-0.2, -0.15) is 9.97 Å². The number of rotatable bonds is 10. The molecule has 0 aliphatic carbocycles. The number of hydrogen-bond acceptors (Lipinski definition) is 8. The lowest BCUT2D eigenvalue weighted by Crippen LogP contribution is -2.41. The molecule has 11 heteroatoms. The summed E-state index contributed by atoms with van der Waals surface area (Å²) in [6, 6.07) is 5.97. The quantitative estimate of drug-likeness (QED) is 0.296. The average Bonchev–Trinajstić information content (AvgIpc) is 2.80. The van der Waals surface area contributed by atoms with Gasteiger partial charge in [-0.3, -0.25) is 9.59 Å². The van der Waals surface area contributed by atoms with Crippen LogP contribution in [0.2, 0.25) is 0 Å². The number of nitrogen functional groups attached to an aromatic ring is 2. The van der Waals surface area contributed by atoms with Crippen LogP contribution in [0, 0.1) is 5.92 Å². The number of carboxylic acids is 1. The predicted octanol–water partition coefficient (Wildman–Crippen LogP) is 1.26. The zero-order valence-corrected chi connectivity index (χ0v) is 19.1. The maximum Gasteiger partial charge on any atom is 0.326 e. The number of nitrogens with zero attached hydrogens (tertiary/aromatic N) is 2. The Morgan fingerprint density at radius 2 is 1.91 bits per heavy atom. The SMILES string of the molecule is CCC(CC1CNc2nc(N)nc(N)c2C1)c1ccc(C(=O)N[C@@H](CCC(N)=O)C(=O)O)cc1. The van der Waals surface area contributed by atoms with Gasteiger partial charge in [-0.25, -0.2) is 4.79 Å². The molecule has 2 unspecified atom stereocenters. The van der Waals surface area contributed by atoms with Crippen molar-refractivity contribution in [2.45, 2.75) is 51.0 Å². The molecule has 11 nitrogen and oxygen atoms in total. The van der Waals surface area contributed by atoms with Gasteiger partial charge in [-0.1, -0.05) is 19.1 Å². The van der Waals surface area contributed by atoms with Gasteiger partial charge in [0, 0.05) is 24.1 Å². The second-order valence-electron chi connectivity index (χ2n) is 8.58. The molecule has 0 bridgehead atoms. The molecule has 1 aliphatic heterocycles. The van der Waals surface area contributed by atoms with Gasteiger partial charge in [0.05, 0.1) is 0 Å². The summed E-state index contributed by atoms with van der Waals surface area (Å²) in [6.07, 6.45) is 2.39. The van der Waals surface area contributed by atoms with Crippen LogP contribution < -0.4 is 27.8 Å². The summed E-state index contributed by atoms with van der Waals surface area (Å²) < 4.78 is 0. The molecule has 2 heterocycles. The smallest absolute Gasteiger partial charge is 0.326 e. The molecule has 1 aromatic carbocycles. The van der Waals surface area contributed by atoms with Crippen molar-refractivity contribution in [1.82, 2.24) is 15.3 Å². The highest BCUT2D eigenvalue weighted by atomic mass is 16.4. The Balaban J connectivity index is 1.64. The summed E-state index contributed by atoms with van der Waals surface area (Å²) in [5.41, 5.74) is 19.1. The number of nitrogens with two attached hydrogens (primary N) is 3. The van der Waals surface area contributed by atoms with Crippen molar-refractivity contribution < 1.29 is 19.5 Å². The molecule has 0 saturated heterocycles. The first-order valence-corrected chi connectivity index (χ1v) is 11.3. The van der Waals surface area contributed by atoms with E-state index in [1.807, 2.05) is 12.1 Å². The standard InChI is InChI=1S/C23H31N7O4/c1-2-13(9-12-10-16-19(25)29-23(26)30-20(16)27-11-12)14-3-5-15(6-4-14)21(32)28-17(22(33)34)7-8-18(24)31/h3-6,12-13,17H,2,7-11H2,1H3,(H2,24,31)(H,28,32)(H,33,34)(H5,25,26,27,29,30)/t12?,13?,17-/m0/s1. The van der Waals surface area contributed by atoms with Gasteiger partial charge in [0.2, 0.25) is 11.9 Å². The van der Waals surface area contributed by atoms with E-state index in [0.29, 0.717) is 23.1 Å². The van der Waals surface area contributed by atoms with Crippen LogP contribution in [-0.2, 0) is 16.0 Å². The van der Waals surface area contributed by atoms with E-state index in [4.69, 9.17) is 17.2 Å². The van der Waals surface area contributed by atoms with Gasteiger partial charge < -0.3 is 32.9 Å². The molecular weight excluding hydrogens is 438 g/mol. The van der Waals surface area contributed by atoms with E-state index in [9.17, 15) is 19.5 Å². The Kier molecular flexibility index (Phi) is 7.87. The van der Waals surface area contributed by atoms with Gasteiger partial charge >= 0.3 is 5.97 Å². The number of nitrogens with one attached hydrogen (secondary N) is 2. The van der Waals surface area contributed by atoms with Crippen molar-refractivity contribution in [2.75, 3.05) is 23.3 Å². The fourth-order valence-corrected chi connectivity index (χ4v) is 4.27. The Hall–Kier alpha value is -3.89. The number of benzene rings is 1. The second-order valence-corrected chi connectivity index (χ2v) is 8.58. The van der Waals surface area contributed by atoms with Crippen molar-refractivity contribution in [3.05, 3.63) is 41.0 Å². The molecule has 1 aromatic heterocycles. The number of primary amides is 1. The fraction of sp³-hybridized carbons (Fsp3) is 0.435. The first kappa shape index (κ1) is 24.7. The first-order valence-electron chi connectivity index (χ1n) is 11.3. The molecule has 9 N–H and O–H groups in total. The van der Waals surface area contributed by atoms with Crippen LogP contribution in [0.15, 0.2) is 24.3 Å². The predicted molar refractivity (Wildman–Crippen MR) is 128 cm³/mol. The van der Waals surface area contributed by atoms with Crippen LogP contribution in [0.4, 0.5) is 17.6 Å². The van der Waals surface area contributed by atoms with Crippen molar-refractivity contribution >= 4 is 35.4 Å². The van der Waals surface area contributed by atoms with Gasteiger partial charge in [0.15, 0.2) is 0 Å². The third kappa shape index (κ3) is 6.12. The van der Waals surface area contributed by atoms with E-state index < -0.39 is 23.8 Å². The topological polar surface area (TPSA) is 199 Å². The van der Waals surface area contributed by atoms with Crippen LogP contribution >= 0.6 is 0 Å². The van der Waals surface area contributed by atoms with Crippen LogP contribution in [0.1, 0.15) is 60.0 Å². The summed E-state index contributed by atoms with van der Waals surface area (Å²) in [7, 11) is 0. The third-order valence-corrected chi connectivity index (χ3v) is 6.15. The van der Waals surface area contributed by atoms with E-state index in [0.717, 1.165) is 36.9 Å². The molecule has 2 aromatic rings.